The first-order valence-electron chi connectivity index (χ1n) is 13.0. The lowest BCUT2D eigenvalue weighted by Crippen LogP contribution is -2.10. The van der Waals surface area contributed by atoms with E-state index in [1.165, 1.54) is 21.6 Å². The molecule has 10 heteroatoms. The summed E-state index contributed by atoms with van der Waals surface area (Å²) in [6, 6.07) is 14.2. The van der Waals surface area contributed by atoms with E-state index < -0.39 is 0 Å². The number of fused-ring (bicyclic) bond motifs is 1. The molecule has 3 radical (unpaired) electrons. The lowest BCUT2D eigenvalue weighted by molar-refractivity contribution is 0.0101. The van der Waals surface area contributed by atoms with Crippen molar-refractivity contribution in [2.24, 2.45) is 0 Å². The van der Waals surface area contributed by atoms with Crippen LogP contribution in [0.25, 0.3) is 10.4 Å². The molecule has 39 heavy (non-hydrogen) atoms. The van der Waals surface area contributed by atoms with E-state index in [4.69, 9.17) is 40.6 Å². The van der Waals surface area contributed by atoms with Crippen LogP contribution in [-0.4, -0.2) is 64.3 Å². The van der Waals surface area contributed by atoms with Gasteiger partial charge in [0, 0.05) is 28.8 Å². The molecule has 1 aromatic heterocycles. The average Bonchev–Trinajstić information content (AvgIpc) is 3.59. The summed E-state index contributed by atoms with van der Waals surface area (Å²) in [5, 5.41) is 0. The van der Waals surface area contributed by atoms with Crippen molar-refractivity contribution in [2.75, 3.05) is 46.9 Å². The lowest BCUT2D eigenvalue weighted by Gasteiger charge is -2.11. The molecule has 0 aliphatic carbocycles. The van der Waals surface area contributed by atoms with Crippen molar-refractivity contribution in [1.29, 1.82) is 0 Å². The van der Waals surface area contributed by atoms with Crippen LogP contribution >= 0.6 is 32.9 Å². The highest BCUT2D eigenvalue weighted by Gasteiger charge is 2.17. The summed E-state index contributed by atoms with van der Waals surface area (Å²) >= 11 is 5.09. The van der Waals surface area contributed by atoms with Gasteiger partial charge in [-0.15, -0.1) is 0 Å². The van der Waals surface area contributed by atoms with Gasteiger partial charge in [-0.1, -0.05) is 59.6 Å². The molecular formula is C29H38AlO6S3. The molecule has 4 rings (SSSR count). The largest absolute Gasteiger partial charge is 0.497 e. The highest BCUT2D eigenvalue weighted by atomic mass is 32.9. The number of ether oxygens (including phenoxy) is 6. The Balaban J connectivity index is 0.000000302. The maximum Gasteiger partial charge on any atom is 0.231 e. The van der Waals surface area contributed by atoms with E-state index in [-0.39, 0.29) is 17.4 Å². The second-order valence-electron chi connectivity index (χ2n) is 8.58. The zero-order valence-electron chi connectivity index (χ0n) is 23.1. The molecule has 6 nitrogen and oxygen atoms in total. The standard InChI is InChI=1S/C19H30O5.C10H8OS3.Al/c1-3-5-7-20-8-9-21-10-11-22-14-17-13-19-18(23-15-24-19)12-16(17)6-4-2;1-11-8-4-2-7(3-5-8)9-6-10(12)14-13-9;/h12-13H,3-11,14-15H2,1-2H3;2-6H,1H3;. The topological polar surface area (TPSA) is 55.4 Å². The fourth-order valence-electron chi connectivity index (χ4n) is 3.66. The number of methoxy groups -OCH3 is 1. The summed E-state index contributed by atoms with van der Waals surface area (Å²) < 4.78 is 33.6. The number of aryl methyl sites for hydroxylation is 1. The number of hydrogen-bond donors (Lipinski definition) is 0. The van der Waals surface area contributed by atoms with Crippen LogP contribution < -0.4 is 14.2 Å². The van der Waals surface area contributed by atoms with Crippen molar-refractivity contribution in [3.05, 3.63) is 57.4 Å². The molecule has 0 atom stereocenters. The zero-order chi connectivity index (χ0) is 27.0. The molecule has 0 spiro atoms. The van der Waals surface area contributed by atoms with E-state index in [0.717, 1.165) is 53.4 Å². The molecule has 1 aliphatic heterocycles. The van der Waals surface area contributed by atoms with Gasteiger partial charge in [0.25, 0.3) is 0 Å². The van der Waals surface area contributed by atoms with Crippen LogP contribution in [0.3, 0.4) is 0 Å². The van der Waals surface area contributed by atoms with Crippen molar-refractivity contribution >= 4 is 50.3 Å². The second-order valence-corrected chi connectivity index (χ2v) is 11.5. The molecule has 0 bridgehead atoms. The minimum absolute atomic E-state index is 0. The fraction of sp³-hybridized carbons (Fsp3) is 0.483. The van der Waals surface area contributed by atoms with Crippen molar-refractivity contribution < 1.29 is 28.4 Å². The fourth-order valence-corrected chi connectivity index (χ4v) is 6.06. The quantitative estimate of drug-likeness (QED) is 0.0767. The van der Waals surface area contributed by atoms with E-state index in [1.54, 1.807) is 27.8 Å². The van der Waals surface area contributed by atoms with Gasteiger partial charge in [0.1, 0.15) is 9.57 Å². The molecular weight excluding hydrogens is 567 g/mol. The van der Waals surface area contributed by atoms with E-state index in [0.29, 0.717) is 39.8 Å². The molecule has 211 valence electrons. The Hall–Kier alpha value is -1.48. The van der Waals surface area contributed by atoms with Gasteiger partial charge in [-0.2, -0.15) is 0 Å². The predicted octanol–water partition coefficient (Wildman–Crippen LogP) is 7.55. The third-order valence-electron chi connectivity index (χ3n) is 5.70. The summed E-state index contributed by atoms with van der Waals surface area (Å²) in [7, 11) is 5.02. The number of hydrogen-bond acceptors (Lipinski definition) is 9. The third-order valence-corrected chi connectivity index (χ3v) is 8.61. The number of unbranched alkanes of at least 4 members (excludes halogenated alkanes) is 1. The molecule has 3 aromatic rings. The van der Waals surface area contributed by atoms with Gasteiger partial charge in [-0.05, 0) is 72.0 Å². The van der Waals surface area contributed by atoms with Crippen LogP contribution in [0.5, 0.6) is 17.2 Å². The normalized spacial score (nSPS) is 11.5. The molecule has 2 heterocycles. The monoisotopic (exact) mass is 605 g/mol. The van der Waals surface area contributed by atoms with Crippen LogP contribution in [0, 0.1) is 3.82 Å². The van der Waals surface area contributed by atoms with Crippen LogP contribution in [-0.2, 0) is 27.2 Å². The van der Waals surface area contributed by atoms with Crippen LogP contribution in [0.1, 0.15) is 44.2 Å². The Labute approximate surface area is 255 Å². The average molecular weight is 606 g/mol. The maximum absolute atomic E-state index is 5.75. The highest BCUT2D eigenvalue weighted by molar-refractivity contribution is 7.80. The van der Waals surface area contributed by atoms with E-state index in [1.807, 2.05) is 36.4 Å². The molecule has 0 N–H and O–H groups in total. The molecule has 0 saturated heterocycles. The van der Waals surface area contributed by atoms with Crippen LogP contribution in [0.2, 0.25) is 0 Å². The predicted molar refractivity (Wildman–Crippen MR) is 164 cm³/mol. The first kappa shape index (κ1) is 33.7. The summed E-state index contributed by atoms with van der Waals surface area (Å²) in [6.07, 6.45) is 4.38. The molecule has 0 fully saturated rings. The smallest absolute Gasteiger partial charge is 0.231 e. The summed E-state index contributed by atoms with van der Waals surface area (Å²) in [4.78, 5) is 1.22. The molecule has 0 amide bonds. The Morgan fingerprint density at radius 1 is 0.795 bits per heavy atom. The first-order valence-corrected chi connectivity index (χ1v) is 15.6. The van der Waals surface area contributed by atoms with Gasteiger partial charge >= 0.3 is 0 Å². The van der Waals surface area contributed by atoms with Crippen molar-refractivity contribution in [3.63, 3.8) is 0 Å². The van der Waals surface area contributed by atoms with Gasteiger partial charge in [-0.25, -0.2) is 0 Å². The van der Waals surface area contributed by atoms with Crippen molar-refractivity contribution in [1.82, 2.24) is 0 Å². The highest BCUT2D eigenvalue weighted by Crippen LogP contribution is 2.35. The lowest BCUT2D eigenvalue weighted by atomic mass is 10.0. The van der Waals surface area contributed by atoms with Crippen LogP contribution in [0.4, 0.5) is 0 Å². The molecule has 1 aliphatic rings. The van der Waals surface area contributed by atoms with Gasteiger partial charge < -0.3 is 28.4 Å². The molecule has 0 saturated carbocycles. The van der Waals surface area contributed by atoms with E-state index >= 15 is 0 Å². The Kier molecular flexibility index (Phi) is 16.9. The first-order chi connectivity index (χ1) is 18.6. The van der Waals surface area contributed by atoms with E-state index in [9.17, 15) is 0 Å². The third kappa shape index (κ3) is 11.9. The maximum atomic E-state index is 5.75. The van der Waals surface area contributed by atoms with Gasteiger partial charge in [0.2, 0.25) is 6.79 Å². The number of rotatable bonds is 15. The summed E-state index contributed by atoms with van der Waals surface area (Å²) in [5.41, 5.74) is 3.64. The van der Waals surface area contributed by atoms with E-state index in [2.05, 4.69) is 19.9 Å². The SMILES string of the molecule is CCCCOCCOCCOCc1cc2c(cc1CCC)OCO2.COc1ccc(-c2cc(=S)ss2)cc1.[Al]. The van der Waals surface area contributed by atoms with Gasteiger partial charge in [0.05, 0.1) is 40.1 Å². The minimum atomic E-state index is 0. The van der Waals surface area contributed by atoms with Crippen molar-refractivity contribution in [3.8, 4) is 27.7 Å². The Bertz CT molecular complexity index is 1130. The van der Waals surface area contributed by atoms with Gasteiger partial charge in [0.15, 0.2) is 11.5 Å². The summed E-state index contributed by atoms with van der Waals surface area (Å²) in [6.45, 7) is 8.47. The van der Waals surface area contributed by atoms with Gasteiger partial charge in [-0.3, -0.25) is 0 Å². The second kappa shape index (κ2) is 19.6. The molecule has 2 aromatic carbocycles. The van der Waals surface area contributed by atoms with Crippen molar-refractivity contribution in [2.45, 2.75) is 46.1 Å². The molecule has 0 unspecified atom stereocenters. The minimum Gasteiger partial charge on any atom is -0.497 e. The number of benzene rings is 2. The zero-order valence-corrected chi connectivity index (χ0v) is 26.7. The van der Waals surface area contributed by atoms with Crippen LogP contribution in [0.15, 0.2) is 42.5 Å². The Morgan fingerprint density at radius 2 is 1.44 bits per heavy atom. The Morgan fingerprint density at radius 3 is 2.03 bits per heavy atom. The summed E-state index contributed by atoms with van der Waals surface area (Å²) in [5.74, 6) is 2.54.